The van der Waals surface area contributed by atoms with E-state index in [1.807, 2.05) is 0 Å². The number of nitrogens with two attached hydrogens (primary N) is 1. The van der Waals surface area contributed by atoms with Crippen molar-refractivity contribution in [1.29, 1.82) is 0 Å². The van der Waals surface area contributed by atoms with E-state index in [-0.39, 0.29) is 5.69 Å². The van der Waals surface area contributed by atoms with E-state index in [0.29, 0.717) is 6.07 Å². The van der Waals surface area contributed by atoms with Crippen LogP contribution in [-0.2, 0) is 10.0 Å². The molecule has 0 radical (unpaired) electrons. The van der Waals surface area contributed by atoms with Gasteiger partial charge in [0.2, 0.25) is 10.0 Å². The minimum Gasteiger partial charge on any atom is -0.393 e. The molecule has 1 aromatic rings. The minimum absolute atomic E-state index is 0.246. The summed E-state index contributed by atoms with van der Waals surface area (Å²) < 4.78 is 60.8. The number of nitrogens with one attached hydrogen (secondary N) is 1. The zero-order valence-corrected chi connectivity index (χ0v) is 10.7. The third-order valence-electron chi connectivity index (χ3n) is 2.21. The Bertz CT molecular complexity index is 615. The Hall–Kier alpha value is -1.88. The molecule has 112 valence electrons. The van der Waals surface area contributed by atoms with Crippen LogP contribution in [0.15, 0.2) is 23.1 Å². The number of sulfonamides is 1. The number of nitrogens with zero attached hydrogens (tertiary/aromatic N) is 1. The van der Waals surface area contributed by atoms with Crippen LogP contribution in [0.2, 0.25) is 0 Å². The van der Waals surface area contributed by atoms with Gasteiger partial charge >= 0.3 is 6.18 Å². The van der Waals surface area contributed by atoms with Crippen LogP contribution in [0.1, 0.15) is 6.42 Å². The van der Waals surface area contributed by atoms with Gasteiger partial charge in [-0.3, -0.25) is 10.1 Å². The topological polar surface area (TPSA) is 115 Å². The van der Waals surface area contributed by atoms with E-state index in [2.05, 4.69) is 0 Å². The van der Waals surface area contributed by atoms with Crippen LogP contribution in [0.5, 0.6) is 0 Å². The summed E-state index contributed by atoms with van der Waals surface area (Å²) in [6.45, 7) is -0.857. The summed E-state index contributed by atoms with van der Waals surface area (Å²) >= 11 is 0. The molecule has 0 saturated carbocycles. The second-order valence-electron chi connectivity index (χ2n) is 3.74. The molecule has 0 aliphatic heterocycles. The number of nitro groups is 1. The number of hydrogen-bond acceptors (Lipinski definition) is 5. The second-order valence-corrected chi connectivity index (χ2v) is 5.51. The molecule has 0 amide bonds. The first-order valence-corrected chi connectivity index (χ1v) is 6.61. The fourth-order valence-corrected chi connectivity index (χ4v) is 2.31. The molecule has 0 aromatic heterocycles. The lowest BCUT2D eigenvalue weighted by Crippen LogP contribution is -2.28. The van der Waals surface area contributed by atoms with E-state index in [1.54, 1.807) is 4.72 Å². The Morgan fingerprint density at radius 1 is 1.35 bits per heavy atom. The quantitative estimate of drug-likeness (QED) is 0.484. The van der Waals surface area contributed by atoms with Gasteiger partial charge in [-0.05, 0) is 12.1 Å². The van der Waals surface area contributed by atoms with Crippen LogP contribution in [0, 0.1) is 10.1 Å². The van der Waals surface area contributed by atoms with Gasteiger partial charge in [0.25, 0.3) is 5.69 Å². The number of nitro benzene ring substituents is 1. The van der Waals surface area contributed by atoms with Gasteiger partial charge in [0.05, 0.1) is 16.2 Å². The molecule has 20 heavy (non-hydrogen) atoms. The van der Waals surface area contributed by atoms with Gasteiger partial charge in [-0.2, -0.15) is 13.2 Å². The fraction of sp³-hybridized carbons (Fsp3) is 0.333. The van der Waals surface area contributed by atoms with Gasteiger partial charge in [0.15, 0.2) is 0 Å². The van der Waals surface area contributed by atoms with E-state index in [1.165, 1.54) is 0 Å². The van der Waals surface area contributed by atoms with Gasteiger partial charge in [-0.1, -0.05) is 0 Å². The lowest BCUT2D eigenvalue weighted by atomic mass is 10.3. The van der Waals surface area contributed by atoms with Crippen molar-refractivity contribution in [3.05, 3.63) is 28.3 Å². The molecule has 0 aliphatic carbocycles. The summed E-state index contributed by atoms with van der Waals surface area (Å²) in [6.07, 6.45) is -5.85. The average molecular weight is 313 g/mol. The fourth-order valence-electron chi connectivity index (χ4n) is 1.26. The monoisotopic (exact) mass is 313 g/mol. The summed E-state index contributed by atoms with van der Waals surface area (Å²) in [5.41, 5.74) is 4.40. The van der Waals surface area contributed by atoms with Gasteiger partial charge in [-0.25, -0.2) is 13.1 Å². The van der Waals surface area contributed by atoms with Crippen LogP contribution in [0.3, 0.4) is 0 Å². The van der Waals surface area contributed by atoms with Crippen molar-refractivity contribution in [2.45, 2.75) is 17.5 Å². The van der Waals surface area contributed by atoms with Crippen LogP contribution >= 0.6 is 0 Å². The summed E-state index contributed by atoms with van der Waals surface area (Å²) in [6, 6.07) is 2.65. The van der Waals surface area contributed by atoms with Crippen LogP contribution < -0.4 is 10.5 Å². The third kappa shape index (κ3) is 4.35. The summed E-state index contributed by atoms with van der Waals surface area (Å²) in [5.74, 6) is 0. The number of benzene rings is 1. The molecule has 0 heterocycles. The molecule has 0 aliphatic rings. The Morgan fingerprint density at radius 2 is 1.95 bits per heavy atom. The molecular weight excluding hydrogens is 303 g/mol. The lowest BCUT2D eigenvalue weighted by Gasteiger charge is -2.09. The normalized spacial score (nSPS) is 12.3. The molecule has 0 unspecified atom stereocenters. The first-order valence-electron chi connectivity index (χ1n) is 5.13. The van der Waals surface area contributed by atoms with Crippen LogP contribution in [0.4, 0.5) is 24.5 Å². The van der Waals surface area contributed by atoms with E-state index in [9.17, 15) is 31.7 Å². The summed E-state index contributed by atoms with van der Waals surface area (Å²) in [4.78, 5) is 9.20. The van der Waals surface area contributed by atoms with Crippen LogP contribution in [0.25, 0.3) is 0 Å². The predicted octanol–water partition coefficient (Wildman–Crippen LogP) is 1.41. The van der Waals surface area contributed by atoms with Crippen molar-refractivity contribution < 1.29 is 26.5 Å². The number of alkyl halides is 3. The zero-order valence-electron chi connectivity index (χ0n) is 9.85. The van der Waals surface area contributed by atoms with E-state index in [4.69, 9.17) is 5.73 Å². The lowest BCUT2D eigenvalue weighted by molar-refractivity contribution is -0.384. The van der Waals surface area contributed by atoms with Gasteiger partial charge < -0.3 is 5.73 Å². The SMILES string of the molecule is Nc1ccc(S(=O)(=O)NCCC(F)(F)F)cc1[N+](=O)[O-]. The number of anilines is 1. The number of nitrogen functional groups attached to an aromatic ring is 1. The molecule has 11 heteroatoms. The average Bonchev–Trinajstić information content (AvgIpc) is 2.26. The molecule has 3 N–H and O–H groups in total. The van der Waals surface area contributed by atoms with Crippen molar-refractivity contribution in [1.82, 2.24) is 4.72 Å². The largest absolute Gasteiger partial charge is 0.393 e. The minimum atomic E-state index is -4.50. The molecule has 0 saturated heterocycles. The molecule has 7 nitrogen and oxygen atoms in total. The maximum Gasteiger partial charge on any atom is 0.390 e. The van der Waals surface area contributed by atoms with Crippen molar-refractivity contribution in [2.75, 3.05) is 12.3 Å². The third-order valence-corrected chi connectivity index (χ3v) is 3.67. The Labute approximate surface area is 111 Å². The Balaban J connectivity index is 2.93. The van der Waals surface area contributed by atoms with E-state index < -0.39 is 44.7 Å². The van der Waals surface area contributed by atoms with E-state index in [0.717, 1.165) is 12.1 Å². The Kier molecular flexibility index (Phi) is 4.55. The highest BCUT2D eigenvalue weighted by Gasteiger charge is 2.28. The maximum atomic E-state index is 11.9. The molecular formula is C9H10F3N3O4S. The first kappa shape index (κ1) is 16.2. The van der Waals surface area contributed by atoms with Crippen molar-refractivity contribution in [3.8, 4) is 0 Å². The zero-order chi connectivity index (χ0) is 15.6. The summed E-state index contributed by atoms with van der Waals surface area (Å²) in [5, 5.41) is 10.6. The molecule has 1 rings (SSSR count). The van der Waals surface area contributed by atoms with Gasteiger partial charge in [0.1, 0.15) is 5.69 Å². The highest BCUT2D eigenvalue weighted by molar-refractivity contribution is 7.89. The van der Waals surface area contributed by atoms with Crippen molar-refractivity contribution >= 4 is 21.4 Å². The van der Waals surface area contributed by atoms with Gasteiger partial charge in [0, 0.05) is 12.6 Å². The number of hydrogen-bond donors (Lipinski definition) is 2. The van der Waals surface area contributed by atoms with Crippen molar-refractivity contribution in [3.63, 3.8) is 0 Å². The highest BCUT2D eigenvalue weighted by atomic mass is 32.2. The Morgan fingerprint density at radius 3 is 2.45 bits per heavy atom. The maximum absolute atomic E-state index is 11.9. The second kappa shape index (κ2) is 5.63. The molecule has 0 spiro atoms. The van der Waals surface area contributed by atoms with E-state index >= 15 is 0 Å². The molecule has 1 aromatic carbocycles. The molecule has 0 atom stereocenters. The standard InChI is InChI=1S/C9H10F3N3O4S/c10-9(11,12)3-4-14-20(18,19)6-1-2-7(13)8(5-6)15(16)17/h1-2,5,14H,3-4,13H2. The summed E-state index contributed by atoms with van der Waals surface area (Å²) in [7, 11) is -4.27. The first-order chi connectivity index (χ1) is 9.03. The molecule has 0 fully saturated rings. The highest BCUT2D eigenvalue weighted by Crippen LogP contribution is 2.25. The predicted molar refractivity (Wildman–Crippen MR) is 63.4 cm³/mol. The molecule has 0 bridgehead atoms. The van der Waals surface area contributed by atoms with Crippen molar-refractivity contribution in [2.24, 2.45) is 0 Å². The van der Waals surface area contributed by atoms with Gasteiger partial charge in [-0.15, -0.1) is 0 Å². The number of halogens is 3. The van der Waals surface area contributed by atoms with Crippen LogP contribution in [-0.4, -0.2) is 26.1 Å². The number of rotatable bonds is 5. The smallest absolute Gasteiger partial charge is 0.390 e.